The van der Waals surface area contributed by atoms with Crippen LogP contribution in [0, 0.1) is 0 Å². The van der Waals surface area contributed by atoms with Crippen LogP contribution in [0.4, 0.5) is 0 Å². The molecule has 1 rings (SSSR count). The first-order valence-electron chi connectivity index (χ1n) is 5.46. The minimum Gasteiger partial charge on any atom is -0.0464 e. The fourth-order valence-electron chi connectivity index (χ4n) is 2.73. The average molecular weight is 187 g/mol. The van der Waals surface area contributed by atoms with Gasteiger partial charge in [0.25, 0.3) is 0 Å². The second-order valence-corrected chi connectivity index (χ2v) is 9.96. The van der Waals surface area contributed by atoms with Crippen molar-refractivity contribution in [2.75, 3.05) is 12.3 Å². The summed E-state index contributed by atoms with van der Waals surface area (Å²) in [5.74, 6) is 0. The standard InChI is InChI=1S/C11H24P/c1-10(2)12(11(3)4)8-6-5-7-9-12/h10-11H,5-9H2,1-4H3/q+1. The topological polar surface area (TPSA) is 0 Å². The summed E-state index contributed by atoms with van der Waals surface area (Å²) in [5.41, 5.74) is 1.97. The Morgan fingerprint density at radius 3 is 1.42 bits per heavy atom. The molecule has 12 heavy (non-hydrogen) atoms. The lowest BCUT2D eigenvalue weighted by molar-refractivity contribution is 0.724. The maximum atomic E-state index is 2.46. The fourth-order valence-corrected chi connectivity index (χ4v) is 7.84. The Morgan fingerprint density at radius 2 is 1.17 bits per heavy atom. The molecular weight excluding hydrogens is 163 g/mol. The first kappa shape index (κ1) is 10.5. The van der Waals surface area contributed by atoms with Crippen molar-refractivity contribution < 1.29 is 0 Å². The van der Waals surface area contributed by atoms with E-state index in [0.717, 1.165) is 11.3 Å². The summed E-state index contributed by atoms with van der Waals surface area (Å²) in [5, 5.41) is 0. The first-order valence-corrected chi connectivity index (χ1v) is 7.76. The number of hydrogen-bond acceptors (Lipinski definition) is 0. The fraction of sp³-hybridized carbons (Fsp3) is 1.00. The van der Waals surface area contributed by atoms with Gasteiger partial charge >= 0.3 is 0 Å². The highest BCUT2D eigenvalue weighted by Gasteiger charge is 2.44. The van der Waals surface area contributed by atoms with Crippen molar-refractivity contribution >= 4 is 7.26 Å². The molecule has 0 nitrogen and oxygen atoms in total. The van der Waals surface area contributed by atoms with Crippen molar-refractivity contribution in [3.05, 3.63) is 0 Å². The molecule has 1 saturated heterocycles. The van der Waals surface area contributed by atoms with Crippen molar-refractivity contribution in [1.82, 2.24) is 0 Å². The number of rotatable bonds is 2. The maximum absolute atomic E-state index is 2.46. The minimum atomic E-state index is -0.534. The van der Waals surface area contributed by atoms with Gasteiger partial charge in [0.1, 0.15) is 0 Å². The summed E-state index contributed by atoms with van der Waals surface area (Å²) < 4.78 is 0. The van der Waals surface area contributed by atoms with Crippen molar-refractivity contribution in [3.8, 4) is 0 Å². The zero-order chi connectivity index (χ0) is 9.19. The molecule has 0 spiro atoms. The molecule has 0 aliphatic carbocycles. The van der Waals surface area contributed by atoms with E-state index in [2.05, 4.69) is 27.7 Å². The molecule has 0 saturated carbocycles. The van der Waals surface area contributed by atoms with Crippen LogP contribution >= 0.6 is 7.26 Å². The van der Waals surface area contributed by atoms with E-state index in [1.807, 2.05) is 0 Å². The highest BCUT2D eigenvalue weighted by molar-refractivity contribution is 7.77. The minimum absolute atomic E-state index is 0.534. The monoisotopic (exact) mass is 187 g/mol. The molecule has 1 heteroatoms. The molecule has 1 aliphatic rings. The third-order valence-corrected chi connectivity index (χ3v) is 10.1. The van der Waals surface area contributed by atoms with Gasteiger partial charge < -0.3 is 0 Å². The van der Waals surface area contributed by atoms with E-state index in [-0.39, 0.29) is 0 Å². The van der Waals surface area contributed by atoms with Gasteiger partial charge in [-0.15, -0.1) is 0 Å². The lowest BCUT2D eigenvalue weighted by Gasteiger charge is -2.37. The van der Waals surface area contributed by atoms with Crippen molar-refractivity contribution in [2.45, 2.75) is 58.3 Å². The maximum Gasteiger partial charge on any atom is 0.0644 e. The predicted octanol–water partition coefficient (Wildman–Crippen LogP) is 4.00. The Morgan fingerprint density at radius 1 is 0.750 bits per heavy atom. The predicted molar refractivity (Wildman–Crippen MR) is 60.8 cm³/mol. The van der Waals surface area contributed by atoms with Crippen LogP contribution in [0.5, 0.6) is 0 Å². The van der Waals surface area contributed by atoms with E-state index in [0.29, 0.717) is 0 Å². The summed E-state index contributed by atoms with van der Waals surface area (Å²) in [6, 6.07) is 0. The molecule has 0 bridgehead atoms. The van der Waals surface area contributed by atoms with Gasteiger partial charge in [0.15, 0.2) is 0 Å². The van der Waals surface area contributed by atoms with E-state index in [1.165, 1.54) is 19.3 Å². The van der Waals surface area contributed by atoms with Gasteiger partial charge in [0, 0.05) is 7.26 Å². The summed E-state index contributed by atoms with van der Waals surface area (Å²) in [7, 11) is -0.534. The van der Waals surface area contributed by atoms with E-state index in [1.54, 1.807) is 12.3 Å². The van der Waals surface area contributed by atoms with Crippen LogP contribution in [0.3, 0.4) is 0 Å². The molecule has 1 aliphatic heterocycles. The van der Waals surface area contributed by atoms with E-state index < -0.39 is 7.26 Å². The second-order valence-electron chi connectivity index (χ2n) is 4.80. The molecule has 0 N–H and O–H groups in total. The molecule has 1 heterocycles. The zero-order valence-corrected chi connectivity index (χ0v) is 10.0. The smallest absolute Gasteiger partial charge is 0.0464 e. The summed E-state index contributed by atoms with van der Waals surface area (Å²) in [6.07, 6.45) is 7.71. The number of hydrogen-bond donors (Lipinski definition) is 0. The largest absolute Gasteiger partial charge is 0.0644 e. The van der Waals surface area contributed by atoms with Gasteiger partial charge in [0.2, 0.25) is 0 Å². The molecule has 0 amide bonds. The quantitative estimate of drug-likeness (QED) is 0.573. The van der Waals surface area contributed by atoms with Gasteiger partial charge in [-0.3, -0.25) is 0 Å². The zero-order valence-electron chi connectivity index (χ0n) is 9.14. The van der Waals surface area contributed by atoms with Gasteiger partial charge in [-0.25, -0.2) is 0 Å². The van der Waals surface area contributed by atoms with E-state index >= 15 is 0 Å². The Hall–Kier alpha value is 0.430. The van der Waals surface area contributed by atoms with Crippen molar-refractivity contribution in [2.24, 2.45) is 0 Å². The molecule has 0 radical (unpaired) electrons. The van der Waals surface area contributed by atoms with Crippen LogP contribution in [0.25, 0.3) is 0 Å². The van der Waals surface area contributed by atoms with Crippen LogP contribution in [-0.4, -0.2) is 23.6 Å². The second kappa shape index (κ2) is 4.09. The van der Waals surface area contributed by atoms with Crippen molar-refractivity contribution in [1.29, 1.82) is 0 Å². The van der Waals surface area contributed by atoms with Crippen LogP contribution in [0.1, 0.15) is 47.0 Å². The Bertz CT molecular complexity index is 122. The van der Waals surface area contributed by atoms with Crippen LogP contribution in [0.2, 0.25) is 0 Å². The van der Waals surface area contributed by atoms with Gasteiger partial charge in [-0.2, -0.15) is 0 Å². The van der Waals surface area contributed by atoms with Gasteiger partial charge in [-0.05, 0) is 47.0 Å². The highest BCUT2D eigenvalue weighted by Crippen LogP contribution is 2.69. The molecule has 72 valence electrons. The SMILES string of the molecule is CC(C)[P+]1(C(C)C)CCCCC1. The van der Waals surface area contributed by atoms with Crippen LogP contribution in [-0.2, 0) is 0 Å². The molecule has 1 fully saturated rings. The van der Waals surface area contributed by atoms with E-state index in [4.69, 9.17) is 0 Å². The molecule has 0 aromatic heterocycles. The Balaban J connectivity index is 2.70. The van der Waals surface area contributed by atoms with E-state index in [9.17, 15) is 0 Å². The Kier molecular flexibility index (Phi) is 3.58. The lowest BCUT2D eigenvalue weighted by Crippen LogP contribution is -2.24. The summed E-state index contributed by atoms with van der Waals surface area (Å²) >= 11 is 0. The third kappa shape index (κ3) is 1.84. The molecule has 0 aromatic rings. The summed E-state index contributed by atoms with van der Waals surface area (Å²) in [4.78, 5) is 0. The van der Waals surface area contributed by atoms with Gasteiger partial charge in [-0.1, -0.05) is 0 Å². The molecule has 0 atom stereocenters. The normalized spacial score (nSPS) is 23.5. The molecule has 0 aromatic carbocycles. The average Bonchev–Trinajstić information content (AvgIpc) is 2.05. The lowest BCUT2D eigenvalue weighted by atomic mass is 10.3. The summed E-state index contributed by atoms with van der Waals surface area (Å²) in [6.45, 7) is 9.83. The van der Waals surface area contributed by atoms with Gasteiger partial charge in [0.05, 0.1) is 23.6 Å². The Labute approximate surface area is 78.5 Å². The first-order chi connectivity index (χ1) is 5.59. The van der Waals surface area contributed by atoms with Crippen LogP contribution in [0.15, 0.2) is 0 Å². The third-order valence-electron chi connectivity index (χ3n) is 3.71. The van der Waals surface area contributed by atoms with Crippen LogP contribution < -0.4 is 0 Å². The molecular formula is C11H24P+. The highest BCUT2D eigenvalue weighted by atomic mass is 31.2. The van der Waals surface area contributed by atoms with Crippen molar-refractivity contribution in [3.63, 3.8) is 0 Å². The molecule has 0 unspecified atom stereocenters.